The second kappa shape index (κ2) is 8.49. The molecular weight excluding hydrogens is 413 g/mol. The summed E-state index contributed by atoms with van der Waals surface area (Å²) in [5, 5.41) is 9.02. The van der Waals surface area contributed by atoms with Crippen molar-refractivity contribution in [2.45, 2.75) is 12.6 Å². The number of nitrogens with zero attached hydrogens (tertiary/aromatic N) is 4. The summed E-state index contributed by atoms with van der Waals surface area (Å²) >= 11 is 1.34. The fourth-order valence-electron chi connectivity index (χ4n) is 3.02. The molecule has 1 saturated heterocycles. The molecule has 0 spiro atoms. The molecule has 0 unspecified atom stereocenters. The molecule has 0 aliphatic carbocycles. The van der Waals surface area contributed by atoms with Crippen molar-refractivity contribution < 1.29 is 23.5 Å². The molecule has 1 N–H and O–H groups in total. The Morgan fingerprint density at radius 2 is 2.33 bits per heavy atom. The first-order valence-corrected chi connectivity index (χ1v) is 9.93. The van der Waals surface area contributed by atoms with Crippen LogP contribution >= 0.6 is 11.3 Å². The first-order valence-electron chi connectivity index (χ1n) is 9.05. The summed E-state index contributed by atoms with van der Waals surface area (Å²) in [5.41, 5.74) is 1.51. The van der Waals surface area contributed by atoms with Crippen molar-refractivity contribution >= 4 is 29.2 Å². The van der Waals surface area contributed by atoms with Gasteiger partial charge in [-0.15, -0.1) is 11.3 Å². The molecular formula is C19H18FN5O4S. The van der Waals surface area contributed by atoms with Crippen molar-refractivity contribution in [1.29, 1.82) is 0 Å². The Morgan fingerprint density at radius 3 is 3.07 bits per heavy atom. The number of rotatable bonds is 6. The van der Waals surface area contributed by atoms with Gasteiger partial charge < -0.3 is 14.8 Å². The molecule has 30 heavy (non-hydrogen) atoms. The summed E-state index contributed by atoms with van der Waals surface area (Å²) in [4.78, 5) is 29.1. The number of carbonyl (C=O) groups is 2. The monoisotopic (exact) mass is 431 g/mol. The van der Waals surface area contributed by atoms with Crippen LogP contribution in [0.5, 0.6) is 0 Å². The van der Waals surface area contributed by atoms with Crippen molar-refractivity contribution in [2.24, 2.45) is 0 Å². The maximum Gasteiger partial charge on any atom is 0.414 e. The van der Waals surface area contributed by atoms with Gasteiger partial charge in [-0.3, -0.25) is 9.58 Å². The van der Waals surface area contributed by atoms with Crippen LogP contribution in [-0.4, -0.2) is 53.3 Å². The summed E-state index contributed by atoms with van der Waals surface area (Å²) in [6, 6.07) is 6.34. The number of carbonyl (C=O) groups excluding carboxylic acids is 2. The van der Waals surface area contributed by atoms with E-state index >= 15 is 0 Å². The third kappa shape index (κ3) is 4.25. The minimum atomic E-state index is -0.615. The van der Waals surface area contributed by atoms with E-state index in [-0.39, 0.29) is 13.1 Å². The highest BCUT2D eigenvalue weighted by atomic mass is 32.1. The molecule has 1 aliphatic heterocycles. The van der Waals surface area contributed by atoms with E-state index in [2.05, 4.69) is 20.1 Å². The van der Waals surface area contributed by atoms with Gasteiger partial charge in [0, 0.05) is 23.3 Å². The van der Waals surface area contributed by atoms with Crippen molar-refractivity contribution in [3.8, 4) is 10.6 Å². The smallest absolute Gasteiger partial charge is 0.414 e. The van der Waals surface area contributed by atoms with Gasteiger partial charge in [0.25, 0.3) is 0 Å². The number of cyclic esters (lactones) is 1. The zero-order valence-corrected chi connectivity index (χ0v) is 16.8. The highest BCUT2D eigenvalue weighted by molar-refractivity contribution is 7.13. The quantitative estimate of drug-likeness (QED) is 0.645. The number of halogens is 1. The predicted octanol–water partition coefficient (Wildman–Crippen LogP) is 2.88. The average molecular weight is 431 g/mol. The Balaban J connectivity index is 1.45. The van der Waals surface area contributed by atoms with Crippen LogP contribution in [0.3, 0.4) is 0 Å². The molecule has 2 aromatic heterocycles. The minimum absolute atomic E-state index is 0.105. The van der Waals surface area contributed by atoms with Crippen LogP contribution < -0.4 is 10.2 Å². The van der Waals surface area contributed by atoms with Crippen molar-refractivity contribution in [3.63, 3.8) is 0 Å². The Labute approximate surface area is 175 Å². The number of aromatic nitrogens is 3. The second-order valence-electron chi connectivity index (χ2n) is 6.50. The van der Waals surface area contributed by atoms with Crippen LogP contribution in [0.25, 0.3) is 10.6 Å². The molecule has 1 aliphatic rings. The third-order valence-corrected chi connectivity index (χ3v) is 5.39. The molecule has 1 aromatic carbocycles. The van der Waals surface area contributed by atoms with Gasteiger partial charge in [-0.25, -0.2) is 19.0 Å². The highest BCUT2D eigenvalue weighted by Gasteiger charge is 2.33. The maximum absolute atomic E-state index is 14.8. The van der Waals surface area contributed by atoms with E-state index in [0.717, 1.165) is 5.69 Å². The van der Waals surface area contributed by atoms with Gasteiger partial charge in [-0.2, -0.15) is 5.10 Å². The van der Waals surface area contributed by atoms with E-state index in [1.165, 1.54) is 29.4 Å². The Hall–Kier alpha value is -3.47. The number of hydrogen-bond acceptors (Lipinski definition) is 7. The van der Waals surface area contributed by atoms with Gasteiger partial charge in [0.15, 0.2) is 0 Å². The van der Waals surface area contributed by atoms with E-state index < -0.39 is 24.1 Å². The van der Waals surface area contributed by atoms with Crippen molar-refractivity contribution in [3.05, 3.63) is 53.6 Å². The number of ether oxygens (including phenoxy) is 2. The van der Waals surface area contributed by atoms with Gasteiger partial charge in [0.2, 0.25) is 0 Å². The van der Waals surface area contributed by atoms with Crippen LogP contribution in [0.1, 0.15) is 5.69 Å². The zero-order chi connectivity index (χ0) is 21.1. The lowest BCUT2D eigenvalue weighted by atomic mass is 10.2. The van der Waals surface area contributed by atoms with Crippen LogP contribution in [0.15, 0.2) is 42.0 Å². The minimum Gasteiger partial charge on any atom is -0.453 e. The number of hydrogen-bond donors (Lipinski definition) is 1. The maximum atomic E-state index is 14.8. The Kier molecular flexibility index (Phi) is 5.61. The molecule has 0 saturated carbocycles. The topological polar surface area (TPSA) is 98.6 Å². The van der Waals surface area contributed by atoms with Crippen LogP contribution in [-0.2, 0) is 16.0 Å². The molecule has 3 heterocycles. The number of alkyl carbamates (subject to hydrolysis) is 1. The largest absolute Gasteiger partial charge is 0.453 e. The van der Waals surface area contributed by atoms with Crippen LogP contribution in [0.4, 0.5) is 19.7 Å². The molecule has 0 radical (unpaired) electrons. The molecule has 9 nitrogen and oxygen atoms in total. The first kappa shape index (κ1) is 19.8. The number of thiazole rings is 1. The molecule has 156 valence electrons. The van der Waals surface area contributed by atoms with Crippen LogP contribution in [0, 0.1) is 5.82 Å². The Morgan fingerprint density at radius 1 is 1.47 bits per heavy atom. The molecule has 3 aromatic rings. The normalized spacial score (nSPS) is 15.9. The lowest BCUT2D eigenvalue weighted by molar-refractivity contribution is 0.132. The molecule has 2 amide bonds. The second-order valence-corrected chi connectivity index (χ2v) is 7.36. The molecule has 11 heteroatoms. The fraction of sp³-hybridized carbons (Fsp3) is 0.263. The van der Waals surface area contributed by atoms with Crippen molar-refractivity contribution in [1.82, 2.24) is 20.1 Å². The van der Waals surface area contributed by atoms with Gasteiger partial charge in [0.05, 0.1) is 38.1 Å². The van der Waals surface area contributed by atoms with Gasteiger partial charge in [0.1, 0.15) is 16.9 Å². The molecule has 1 fully saturated rings. The van der Waals surface area contributed by atoms with Crippen LogP contribution in [0.2, 0.25) is 0 Å². The van der Waals surface area contributed by atoms with E-state index in [9.17, 15) is 14.0 Å². The number of anilines is 1. The van der Waals surface area contributed by atoms with Gasteiger partial charge in [-0.05, 0) is 24.3 Å². The average Bonchev–Trinajstić information content (AvgIpc) is 3.48. The predicted molar refractivity (Wildman–Crippen MR) is 107 cm³/mol. The third-order valence-electron chi connectivity index (χ3n) is 4.46. The SMILES string of the molecule is COC(=O)NC[C@H]1CN(c2ccc(-c3nc(Cn4cccn4)cs3)c(F)c2)C(=O)O1. The lowest BCUT2D eigenvalue weighted by Gasteiger charge is -2.14. The van der Waals surface area contributed by atoms with E-state index in [4.69, 9.17) is 4.74 Å². The lowest BCUT2D eigenvalue weighted by Crippen LogP contribution is -2.34. The number of methoxy groups -OCH3 is 1. The number of amides is 2. The van der Waals surface area contributed by atoms with Gasteiger partial charge >= 0.3 is 12.2 Å². The molecule has 4 rings (SSSR count). The summed E-state index contributed by atoms with van der Waals surface area (Å²) in [6.45, 7) is 0.796. The van der Waals surface area contributed by atoms with E-state index in [0.29, 0.717) is 22.8 Å². The summed E-state index contributed by atoms with van der Waals surface area (Å²) in [7, 11) is 1.25. The summed E-state index contributed by atoms with van der Waals surface area (Å²) in [6.07, 6.45) is 1.75. The first-order chi connectivity index (χ1) is 14.5. The van der Waals surface area contributed by atoms with Crippen molar-refractivity contribution in [2.75, 3.05) is 25.1 Å². The molecule has 0 bridgehead atoms. The highest BCUT2D eigenvalue weighted by Crippen LogP contribution is 2.31. The molecule has 1 atom stereocenters. The number of benzene rings is 1. The fourth-order valence-corrected chi connectivity index (χ4v) is 3.85. The summed E-state index contributed by atoms with van der Waals surface area (Å²) < 4.78 is 26.2. The van der Waals surface area contributed by atoms with E-state index in [1.54, 1.807) is 23.0 Å². The summed E-state index contributed by atoms with van der Waals surface area (Å²) in [5.74, 6) is -0.489. The zero-order valence-electron chi connectivity index (χ0n) is 15.9. The standard InChI is InChI=1S/C19H18FN5O4S/c1-28-18(26)21-8-14-10-25(19(27)29-14)13-3-4-15(16(20)7-13)17-23-12(11-30-17)9-24-6-2-5-22-24/h2-7,11,14H,8-10H2,1H3,(H,21,26)/t14-/m0/s1. The Bertz CT molecular complexity index is 1060. The number of nitrogens with one attached hydrogen (secondary N) is 1. The van der Waals surface area contributed by atoms with E-state index in [1.807, 2.05) is 17.6 Å². The van der Waals surface area contributed by atoms with Gasteiger partial charge in [-0.1, -0.05) is 0 Å².